The third kappa shape index (κ3) is 2.55. The first kappa shape index (κ1) is 19.1. The highest BCUT2D eigenvalue weighted by Crippen LogP contribution is 2.49. The predicted molar refractivity (Wildman–Crippen MR) is 121 cm³/mol. The van der Waals surface area contributed by atoms with Gasteiger partial charge in [0.1, 0.15) is 5.76 Å². The Bertz CT molecular complexity index is 1330. The molecule has 3 aliphatic rings. The standard InChI is InChI=1S/C26H21N3O2/c1-4-29-21-8-6-5-7-19(21)26(2,3)22(29)12-17-24(30)23(25(17)31)18-14-28-20-10-9-15(13-27)11-16(18)20/h5-12,14,30H,4H2,1-3H3/b22-12-,23-18+. The van der Waals surface area contributed by atoms with E-state index in [1.54, 1.807) is 24.4 Å². The maximum absolute atomic E-state index is 13.1. The number of ketones is 1. The van der Waals surface area contributed by atoms with Crippen LogP contribution in [-0.2, 0) is 10.2 Å². The molecule has 0 aromatic heterocycles. The fourth-order valence-corrected chi connectivity index (χ4v) is 4.72. The first-order valence-electron chi connectivity index (χ1n) is 10.3. The number of nitrogens with zero attached hydrogens (tertiary/aromatic N) is 3. The Balaban J connectivity index is 1.62. The third-order valence-electron chi connectivity index (χ3n) is 6.38. The summed E-state index contributed by atoms with van der Waals surface area (Å²) >= 11 is 0. The van der Waals surface area contributed by atoms with Gasteiger partial charge in [0.25, 0.3) is 0 Å². The van der Waals surface area contributed by atoms with Crippen molar-refractivity contribution in [3.63, 3.8) is 0 Å². The first-order chi connectivity index (χ1) is 14.9. The second-order valence-corrected chi connectivity index (χ2v) is 8.40. The van der Waals surface area contributed by atoms with E-state index >= 15 is 0 Å². The van der Waals surface area contributed by atoms with E-state index in [-0.39, 0.29) is 22.5 Å². The number of rotatable bonds is 2. The summed E-state index contributed by atoms with van der Waals surface area (Å²) in [6, 6.07) is 15.5. The van der Waals surface area contributed by atoms with Crippen LogP contribution in [0, 0.1) is 11.3 Å². The van der Waals surface area contributed by atoms with Crippen molar-refractivity contribution in [3.8, 4) is 6.07 Å². The van der Waals surface area contributed by atoms with E-state index in [1.165, 1.54) is 5.56 Å². The lowest BCUT2D eigenvalue weighted by atomic mass is 9.79. The van der Waals surface area contributed by atoms with E-state index in [2.05, 4.69) is 48.9 Å². The van der Waals surface area contributed by atoms with Crippen LogP contribution >= 0.6 is 0 Å². The molecule has 0 spiro atoms. The number of fused-ring (bicyclic) bond motifs is 2. The molecule has 2 aromatic rings. The fraction of sp³-hybridized carbons (Fsp3) is 0.192. The number of carbonyl (C=O) groups excluding carboxylic acids is 1. The fourth-order valence-electron chi connectivity index (χ4n) is 4.72. The smallest absolute Gasteiger partial charge is 0.201 e. The monoisotopic (exact) mass is 407 g/mol. The highest BCUT2D eigenvalue weighted by molar-refractivity contribution is 6.33. The molecule has 31 heavy (non-hydrogen) atoms. The van der Waals surface area contributed by atoms with Crippen LogP contribution in [0.1, 0.15) is 37.5 Å². The minimum absolute atomic E-state index is 0.0167. The van der Waals surface area contributed by atoms with Gasteiger partial charge in [-0.05, 0) is 42.8 Å². The quantitative estimate of drug-likeness (QED) is 0.701. The van der Waals surface area contributed by atoms with Crippen LogP contribution in [-0.4, -0.2) is 23.6 Å². The van der Waals surface area contributed by atoms with E-state index in [4.69, 9.17) is 0 Å². The van der Waals surface area contributed by atoms with E-state index < -0.39 is 0 Å². The zero-order valence-corrected chi connectivity index (χ0v) is 17.6. The molecule has 2 aliphatic heterocycles. The van der Waals surface area contributed by atoms with Gasteiger partial charge >= 0.3 is 0 Å². The Labute approximate surface area is 181 Å². The van der Waals surface area contributed by atoms with Crippen LogP contribution in [0.15, 0.2) is 76.1 Å². The number of hydrogen-bond acceptors (Lipinski definition) is 5. The summed E-state index contributed by atoms with van der Waals surface area (Å²) in [5.74, 6) is -0.221. The number of likely N-dealkylation sites (N-methyl/N-ethyl adjacent to an activating group) is 1. The summed E-state index contributed by atoms with van der Waals surface area (Å²) in [5, 5.41) is 20.1. The van der Waals surface area contributed by atoms with E-state index in [0.717, 1.165) is 17.9 Å². The van der Waals surface area contributed by atoms with Gasteiger partial charge < -0.3 is 10.0 Å². The Hall–Kier alpha value is -3.91. The van der Waals surface area contributed by atoms with Gasteiger partial charge in [-0.2, -0.15) is 5.26 Å². The summed E-state index contributed by atoms with van der Waals surface area (Å²) in [5.41, 5.74) is 6.07. The van der Waals surface area contributed by atoms with Crippen molar-refractivity contribution < 1.29 is 9.90 Å². The van der Waals surface area contributed by atoms with Crippen molar-refractivity contribution in [1.82, 2.24) is 0 Å². The highest BCUT2D eigenvalue weighted by atomic mass is 16.3. The van der Waals surface area contributed by atoms with Crippen molar-refractivity contribution in [2.24, 2.45) is 4.99 Å². The number of benzene rings is 2. The molecule has 5 rings (SSSR count). The Morgan fingerprint density at radius 2 is 2.00 bits per heavy atom. The van der Waals surface area contributed by atoms with Gasteiger partial charge in [0.05, 0.1) is 28.5 Å². The Morgan fingerprint density at radius 1 is 1.23 bits per heavy atom. The number of nitriles is 1. The summed E-state index contributed by atoms with van der Waals surface area (Å²) in [6.45, 7) is 7.11. The number of allylic oxidation sites excluding steroid dienone is 5. The van der Waals surface area contributed by atoms with Gasteiger partial charge in [0.15, 0.2) is 0 Å². The number of hydrogen-bond donors (Lipinski definition) is 1. The number of Topliss-reactive ketones (excluding diaryl/α,β-unsaturated/α-hetero) is 1. The van der Waals surface area contributed by atoms with Gasteiger partial charge in [-0.3, -0.25) is 9.79 Å². The number of para-hydroxylation sites is 1. The average molecular weight is 407 g/mol. The molecule has 5 nitrogen and oxygen atoms in total. The molecule has 0 unspecified atom stereocenters. The van der Waals surface area contributed by atoms with Gasteiger partial charge in [0.2, 0.25) is 5.78 Å². The van der Waals surface area contributed by atoms with Crippen molar-refractivity contribution in [2.75, 3.05) is 11.4 Å². The van der Waals surface area contributed by atoms with Crippen LogP contribution in [0.2, 0.25) is 0 Å². The molecule has 1 N–H and O–H groups in total. The largest absolute Gasteiger partial charge is 0.506 e. The molecule has 152 valence electrons. The number of anilines is 1. The minimum atomic E-state index is -0.286. The Morgan fingerprint density at radius 3 is 2.71 bits per heavy atom. The average Bonchev–Trinajstić information content (AvgIpc) is 3.28. The normalized spacial score (nSPS) is 21.9. The van der Waals surface area contributed by atoms with Gasteiger partial charge in [-0.25, -0.2) is 0 Å². The molecule has 1 aliphatic carbocycles. The summed E-state index contributed by atoms with van der Waals surface area (Å²) in [6.07, 6.45) is 3.41. The van der Waals surface area contributed by atoms with Gasteiger partial charge in [-0.15, -0.1) is 0 Å². The molecule has 0 saturated carbocycles. The van der Waals surface area contributed by atoms with Crippen molar-refractivity contribution in [3.05, 3.63) is 87.8 Å². The third-order valence-corrected chi connectivity index (χ3v) is 6.38. The lowest BCUT2D eigenvalue weighted by molar-refractivity contribution is -0.113. The molecule has 0 saturated heterocycles. The van der Waals surface area contributed by atoms with Crippen molar-refractivity contribution >= 4 is 28.9 Å². The molecule has 5 heteroatoms. The Kier molecular flexibility index (Phi) is 4.03. The van der Waals surface area contributed by atoms with E-state index in [0.29, 0.717) is 28.0 Å². The first-order valence-corrected chi connectivity index (χ1v) is 10.3. The summed E-state index contributed by atoms with van der Waals surface area (Å²) in [7, 11) is 0. The SMILES string of the molecule is CCN1/C(=C\C2=C(O)C(=C3/C=Nc4ccc(C#N)cc43)/C2=O)C(C)(C)c2ccccc21. The number of aliphatic hydroxyl groups is 1. The zero-order valence-electron chi connectivity index (χ0n) is 17.6. The second-order valence-electron chi connectivity index (χ2n) is 8.40. The molecule has 2 heterocycles. The second kappa shape index (κ2) is 6.55. The lowest BCUT2D eigenvalue weighted by Crippen LogP contribution is -2.29. The topological polar surface area (TPSA) is 76.7 Å². The molecule has 0 amide bonds. The van der Waals surface area contributed by atoms with E-state index in [1.807, 2.05) is 18.2 Å². The highest BCUT2D eigenvalue weighted by Gasteiger charge is 2.42. The van der Waals surface area contributed by atoms with Crippen LogP contribution in [0.3, 0.4) is 0 Å². The molecular weight excluding hydrogens is 386 g/mol. The number of aliphatic imine (C=N–C) groups is 1. The number of carbonyl (C=O) groups is 1. The van der Waals surface area contributed by atoms with Gasteiger partial charge in [-0.1, -0.05) is 32.0 Å². The van der Waals surface area contributed by atoms with Crippen LogP contribution in [0.5, 0.6) is 0 Å². The van der Waals surface area contributed by atoms with Gasteiger partial charge in [0, 0.05) is 40.7 Å². The summed E-state index contributed by atoms with van der Waals surface area (Å²) in [4.78, 5) is 19.6. The van der Waals surface area contributed by atoms with Crippen molar-refractivity contribution in [1.29, 1.82) is 5.26 Å². The molecule has 2 aromatic carbocycles. The molecule has 0 atom stereocenters. The van der Waals surface area contributed by atoms with Crippen LogP contribution < -0.4 is 4.90 Å². The summed E-state index contributed by atoms with van der Waals surface area (Å²) < 4.78 is 0. The maximum Gasteiger partial charge on any atom is 0.201 e. The number of aliphatic hydroxyl groups excluding tert-OH is 1. The van der Waals surface area contributed by atoms with Crippen molar-refractivity contribution in [2.45, 2.75) is 26.2 Å². The predicted octanol–water partition coefficient (Wildman–Crippen LogP) is 5.12. The van der Waals surface area contributed by atoms with Crippen LogP contribution in [0.25, 0.3) is 5.57 Å². The maximum atomic E-state index is 13.1. The molecular formula is C26H21N3O2. The lowest BCUT2D eigenvalue weighted by Gasteiger charge is -2.28. The van der Waals surface area contributed by atoms with E-state index in [9.17, 15) is 15.2 Å². The molecule has 0 fully saturated rings. The molecule has 0 bridgehead atoms. The molecule has 0 radical (unpaired) electrons. The minimum Gasteiger partial charge on any atom is -0.506 e. The zero-order chi connectivity index (χ0) is 21.9. The van der Waals surface area contributed by atoms with Crippen LogP contribution in [0.4, 0.5) is 11.4 Å².